The monoisotopic (exact) mass is 292 g/mol. The van der Waals surface area contributed by atoms with Crippen LogP contribution in [-0.2, 0) is 0 Å². The summed E-state index contributed by atoms with van der Waals surface area (Å²) in [5, 5.41) is 20.7. The summed E-state index contributed by atoms with van der Waals surface area (Å²) in [7, 11) is 0. The van der Waals surface area contributed by atoms with E-state index in [9.17, 15) is 14.7 Å². The molecule has 0 spiro atoms. The van der Waals surface area contributed by atoms with Gasteiger partial charge in [0.2, 0.25) is 0 Å². The molecule has 1 aromatic carbocycles. The predicted octanol–water partition coefficient (Wildman–Crippen LogP) is 2.39. The van der Waals surface area contributed by atoms with Crippen molar-refractivity contribution >= 4 is 29.2 Å². The summed E-state index contributed by atoms with van der Waals surface area (Å²) in [4.78, 5) is 26.3. The van der Waals surface area contributed by atoms with Crippen LogP contribution in [0.5, 0.6) is 5.75 Å². The lowest BCUT2D eigenvalue weighted by atomic mass is 10.2. The lowest BCUT2D eigenvalue weighted by Crippen LogP contribution is -2.12. The number of halogens is 1. The Bertz CT molecular complexity index is 688. The fraction of sp³-hybridized carbons (Fsp3) is 0. The quantitative estimate of drug-likeness (QED) is 0.806. The second kappa shape index (κ2) is 5.58. The summed E-state index contributed by atoms with van der Waals surface area (Å²) >= 11 is 5.71. The highest BCUT2D eigenvalue weighted by Gasteiger charge is 2.10. The normalized spacial score (nSPS) is 10.1. The second-order valence-corrected chi connectivity index (χ2v) is 4.26. The zero-order valence-electron chi connectivity index (χ0n) is 10.0. The Morgan fingerprint density at radius 3 is 2.60 bits per heavy atom. The van der Waals surface area contributed by atoms with E-state index < -0.39 is 11.9 Å². The topological polar surface area (TPSA) is 99.5 Å². The van der Waals surface area contributed by atoms with Gasteiger partial charge in [0, 0.05) is 17.4 Å². The van der Waals surface area contributed by atoms with Crippen LogP contribution < -0.4 is 5.32 Å². The highest BCUT2D eigenvalue weighted by Crippen LogP contribution is 2.24. The van der Waals surface area contributed by atoms with Crippen molar-refractivity contribution in [2.24, 2.45) is 0 Å². The fourth-order valence-corrected chi connectivity index (χ4v) is 1.66. The molecule has 20 heavy (non-hydrogen) atoms. The van der Waals surface area contributed by atoms with Crippen LogP contribution in [0, 0.1) is 0 Å². The Hall–Kier alpha value is -2.60. The second-order valence-electron chi connectivity index (χ2n) is 3.86. The molecule has 0 saturated carbocycles. The number of carboxylic acid groups (broad SMARTS) is 1. The highest BCUT2D eigenvalue weighted by molar-refractivity contribution is 6.32. The maximum atomic E-state index is 11.9. The highest BCUT2D eigenvalue weighted by atomic mass is 35.5. The van der Waals surface area contributed by atoms with Crippen molar-refractivity contribution in [1.82, 2.24) is 4.98 Å². The SMILES string of the molecule is O=C(Nc1ccnc(C(=O)O)c1)c1ccc(O)c(Cl)c1. The molecule has 6 nitrogen and oxygen atoms in total. The van der Waals surface area contributed by atoms with Crippen LogP contribution >= 0.6 is 11.6 Å². The third-order valence-electron chi connectivity index (χ3n) is 2.45. The predicted molar refractivity (Wildman–Crippen MR) is 72.3 cm³/mol. The molecular formula is C13H9ClN2O4. The molecule has 0 aliphatic heterocycles. The number of benzene rings is 1. The Labute approximate surface area is 118 Å². The minimum atomic E-state index is -1.19. The maximum absolute atomic E-state index is 11.9. The summed E-state index contributed by atoms with van der Waals surface area (Å²) in [6.45, 7) is 0. The van der Waals surface area contributed by atoms with Crippen LogP contribution in [0.25, 0.3) is 0 Å². The van der Waals surface area contributed by atoms with E-state index in [0.717, 1.165) is 0 Å². The number of pyridine rings is 1. The van der Waals surface area contributed by atoms with Crippen LogP contribution in [-0.4, -0.2) is 27.1 Å². The van der Waals surface area contributed by atoms with Crippen molar-refractivity contribution in [1.29, 1.82) is 0 Å². The molecule has 3 N–H and O–H groups in total. The molecule has 0 radical (unpaired) electrons. The first kappa shape index (κ1) is 13.8. The average molecular weight is 293 g/mol. The number of hydrogen-bond acceptors (Lipinski definition) is 4. The summed E-state index contributed by atoms with van der Waals surface area (Å²) in [5.74, 6) is -1.79. The molecular weight excluding hydrogens is 284 g/mol. The van der Waals surface area contributed by atoms with Crippen molar-refractivity contribution in [3.05, 3.63) is 52.8 Å². The lowest BCUT2D eigenvalue weighted by molar-refractivity contribution is 0.0690. The van der Waals surface area contributed by atoms with Gasteiger partial charge in [-0.2, -0.15) is 0 Å². The number of nitrogens with zero attached hydrogens (tertiary/aromatic N) is 1. The molecule has 0 atom stereocenters. The molecule has 1 amide bonds. The van der Waals surface area contributed by atoms with Gasteiger partial charge in [-0.15, -0.1) is 0 Å². The number of hydrogen-bond donors (Lipinski definition) is 3. The van der Waals surface area contributed by atoms with Crippen LogP contribution in [0.2, 0.25) is 5.02 Å². The van der Waals surface area contributed by atoms with Gasteiger partial charge in [-0.05, 0) is 30.3 Å². The van der Waals surface area contributed by atoms with Gasteiger partial charge in [-0.25, -0.2) is 9.78 Å². The van der Waals surface area contributed by atoms with Crippen molar-refractivity contribution < 1.29 is 19.8 Å². The number of nitrogens with one attached hydrogen (secondary N) is 1. The molecule has 0 aliphatic carbocycles. The molecule has 1 aromatic heterocycles. The largest absolute Gasteiger partial charge is 0.506 e. The van der Waals surface area contributed by atoms with Crippen molar-refractivity contribution in [3.63, 3.8) is 0 Å². The number of aromatic hydroxyl groups is 1. The Kier molecular flexibility index (Phi) is 3.86. The number of aromatic carboxylic acids is 1. The third kappa shape index (κ3) is 3.04. The Morgan fingerprint density at radius 2 is 1.95 bits per heavy atom. The lowest BCUT2D eigenvalue weighted by Gasteiger charge is -2.06. The van der Waals surface area contributed by atoms with Gasteiger partial charge in [0.05, 0.1) is 5.02 Å². The van der Waals surface area contributed by atoms with Gasteiger partial charge in [0.25, 0.3) is 5.91 Å². The van der Waals surface area contributed by atoms with Gasteiger partial charge < -0.3 is 15.5 Å². The molecule has 7 heteroatoms. The first-order chi connectivity index (χ1) is 9.47. The van der Waals surface area contributed by atoms with Crippen molar-refractivity contribution in [2.45, 2.75) is 0 Å². The van der Waals surface area contributed by atoms with Crippen LogP contribution in [0.4, 0.5) is 5.69 Å². The number of phenols is 1. The Morgan fingerprint density at radius 1 is 1.20 bits per heavy atom. The van der Waals surface area contributed by atoms with Crippen LogP contribution in [0.1, 0.15) is 20.8 Å². The van der Waals surface area contributed by atoms with E-state index in [1.165, 1.54) is 36.5 Å². The minimum absolute atomic E-state index is 0.0543. The van der Waals surface area contributed by atoms with E-state index in [1.54, 1.807) is 0 Å². The van der Waals surface area contributed by atoms with Gasteiger partial charge in [-0.1, -0.05) is 11.6 Å². The molecule has 0 unspecified atom stereocenters. The molecule has 0 aliphatic rings. The summed E-state index contributed by atoms with van der Waals surface area (Å²) < 4.78 is 0. The fourth-order valence-electron chi connectivity index (χ4n) is 1.48. The van der Waals surface area contributed by atoms with E-state index in [2.05, 4.69) is 10.3 Å². The van der Waals surface area contributed by atoms with Gasteiger partial charge in [0.15, 0.2) is 0 Å². The minimum Gasteiger partial charge on any atom is -0.506 e. The number of carbonyl (C=O) groups is 2. The molecule has 0 saturated heterocycles. The van der Waals surface area contributed by atoms with Gasteiger partial charge in [0.1, 0.15) is 11.4 Å². The van der Waals surface area contributed by atoms with E-state index >= 15 is 0 Å². The molecule has 1 heterocycles. The zero-order chi connectivity index (χ0) is 14.7. The third-order valence-corrected chi connectivity index (χ3v) is 2.75. The first-order valence-corrected chi connectivity index (χ1v) is 5.84. The molecule has 2 aromatic rings. The maximum Gasteiger partial charge on any atom is 0.354 e. The number of carboxylic acids is 1. The average Bonchev–Trinajstić information content (AvgIpc) is 2.42. The summed E-state index contributed by atoms with van der Waals surface area (Å²) in [5.41, 5.74) is 0.361. The molecule has 102 valence electrons. The van der Waals surface area contributed by atoms with E-state index in [-0.39, 0.29) is 22.0 Å². The first-order valence-electron chi connectivity index (χ1n) is 5.46. The molecule has 0 bridgehead atoms. The van der Waals surface area contributed by atoms with Gasteiger partial charge in [-0.3, -0.25) is 4.79 Å². The molecule has 0 fully saturated rings. The van der Waals surface area contributed by atoms with Gasteiger partial charge >= 0.3 is 5.97 Å². The van der Waals surface area contributed by atoms with Crippen molar-refractivity contribution in [3.8, 4) is 5.75 Å². The van der Waals surface area contributed by atoms with E-state index in [0.29, 0.717) is 5.69 Å². The number of aromatic nitrogens is 1. The van der Waals surface area contributed by atoms with Crippen LogP contribution in [0.15, 0.2) is 36.5 Å². The van der Waals surface area contributed by atoms with E-state index in [1.807, 2.05) is 0 Å². The standard InChI is InChI=1S/C13H9ClN2O4/c14-9-5-7(1-2-11(9)17)12(18)16-8-3-4-15-10(6-8)13(19)20/h1-6,17H,(H,19,20)(H,15,16,18). The number of carbonyl (C=O) groups excluding carboxylic acids is 1. The summed E-state index contributed by atoms with van der Waals surface area (Å²) in [6.07, 6.45) is 1.28. The van der Waals surface area contributed by atoms with Crippen molar-refractivity contribution in [2.75, 3.05) is 5.32 Å². The zero-order valence-corrected chi connectivity index (χ0v) is 10.8. The number of phenolic OH excluding ortho intramolecular Hbond substituents is 1. The number of anilines is 1. The molecule has 2 rings (SSSR count). The van der Waals surface area contributed by atoms with E-state index in [4.69, 9.17) is 16.7 Å². The smallest absolute Gasteiger partial charge is 0.354 e. The van der Waals surface area contributed by atoms with Crippen LogP contribution in [0.3, 0.4) is 0 Å². The Balaban J connectivity index is 2.21. The number of rotatable bonds is 3. The number of amides is 1. The summed E-state index contributed by atoms with van der Waals surface area (Å²) in [6, 6.07) is 6.71.